The molecule has 134 valence electrons. The van der Waals surface area contributed by atoms with Crippen LogP contribution in [0.5, 0.6) is 5.88 Å². The minimum atomic E-state index is -0.131. The standard InChI is InChI=1S/C19H21N5O2/c1-5-23(3)19(25)16-10-17(14-7-6-13(2)20-11-14)24(22-16)15-8-9-18(26-4)21-12-15/h6-12H,5H2,1-4H3. The minimum absolute atomic E-state index is 0.131. The van der Waals surface area contributed by atoms with Gasteiger partial charge in [-0.3, -0.25) is 9.78 Å². The molecule has 7 nitrogen and oxygen atoms in total. The van der Waals surface area contributed by atoms with Gasteiger partial charge in [0.25, 0.3) is 5.91 Å². The largest absolute Gasteiger partial charge is 0.481 e. The van der Waals surface area contributed by atoms with Crippen LogP contribution in [0.2, 0.25) is 0 Å². The maximum absolute atomic E-state index is 12.6. The van der Waals surface area contributed by atoms with E-state index in [1.54, 1.807) is 48.3 Å². The number of ether oxygens (including phenoxy) is 1. The van der Waals surface area contributed by atoms with Crippen LogP contribution in [0.3, 0.4) is 0 Å². The number of aryl methyl sites for hydroxylation is 1. The lowest BCUT2D eigenvalue weighted by Gasteiger charge is -2.11. The summed E-state index contributed by atoms with van der Waals surface area (Å²) >= 11 is 0. The molecule has 0 saturated carbocycles. The van der Waals surface area contributed by atoms with Crippen LogP contribution in [0.1, 0.15) is 23.1 Å². The monoisotopic (exact) mass is 351 g/mol. The minimum Gasteiger partial charge on any atom is -0.481 e. The predicted octanol–water partition coefficient (Wildman–Crippen LogP) is 2.74. The Labute approximate surface area is 152 Å². The zero-order valence-corrected chi connectivity index (χ0v) is 15.3. The Hall–Kier alpha value is -3.22. The van der Waals surface area contributed by atoms with Crippen molar-refractivity contribution in [1.82, 2.24) is 24.6 Å². The van der Waals surface area contributed by atoms with Crippen LogP contribution < -0.4 is 4.74 Å². The second kappa shape index (κ2) is 7.35. The molecular formula is C19H21N5O2. The van der Waals surface area contributed by atoms with Crippen LogP contribution in [0, 0.1) is 6.92 Å². The van der Waals surface area contributed by atoms with Crippen molar-refractivity contribution in [2.24, 2.45) is 0 Å². The molecule has 1 amide bonds. The number of nitrogens with zero attached hydrogens (tertiary/aromatic N) is 5. The van der Waals surface area contributed by atoms with Gasteiger partial charge in [-0.05, 0) is 38.1 Å². The van der Waals surface area contributed by atoms with Gasteiger partial charge >= 0.3 is 0 Å². The molecule has 3 aromatic heterocycles. The highest BCUT2D eigenvalue weighted by molar-refractivity contribution is 5.93. The molecule has 0 fully saturated rings. The zero-order valence-electron chi connectivity index (χ0n) is 15.3. The average Bonchev–Trinajstić information content (AvgIpc) is 3.12. The smallest absolute Gasteiger partial charge is 0.274 e. The molecule has 0 spiro atoms. The number of aromatic nitrogens is 4. The number of amides is 1. The van der Waals surface area contributed by atoms with Crippen molar-refractivity contribution in [3.05, 3.63) is 54.1 Å². The van der Waals surface area contributed by atoms with E-state index in [-0.39, 0.29) is 5.91 Å². The van der Waals surface area contributed by atoms with Crippen LogP contribution >= 0.6 is 0 Å². The molecule has 0 N–H and O–H groups in total. The first-order chi connectivity index (χ1) is 12.5. The molecule has 0 aliphatic heterocycles. The lowest BCUT2D eigenvalue weighted by molar-refractivity contribution is 0.0796. The van der Waals surface area contributed by atoms with Crippen LogP contribution in [0.25, 0.3) is 16.9 Å². The van der Waals surface area contributed by atoms with Gasteiger partial charge in [-0.25, -0.2) is 9.67 Å². The Bertz CT molecular complexity index is 901. The molecule has 3 rings (SSSR count). The first kappa shape index (κ1) is 17.6. The van der Waals surface area contributed by atoms with Gasteiger partial charge in [0.1, 0.15) is 0 Å². The molecule has 0 bridgehead atoms. The van der Waals surface area contributed by atoms with E-state index < -0.39 is 0 Å². The summed E-state index contributed by atoms with van der Waals surface area (Å²) in [5, 5.41) is 4.52. The summed E-state index contributed by atoms with van der Waals surface area (Å²) in [5.74, 6) is 0.385. The van der Waals surface area contributed by atoms with E-state index >= 15 is 0 Å². The normalized spacial score (nSPS) is 10.6. The fourth-order valence-electron chi connectivity index (χ4n) is 2.47. The highest BCUT2D eigenvalue weighted by atomic mass is 16.5. The number of rotatable bonds is 5. The van der Waals surface area contributed by atoms with Crippen LogP contribution in [0.15, 0.2) is 42.7 Å². The Kier molecular flexibility index (Phi) is 4.97. The second-order valence-corrected chi connectivity index (χ2v) is 5.89. The Morgan fingerprint density at radius 2 is 2.00 bits per heavy atom. The summed E-state index contributed by atoms with van der Waals surface area (Å²) < 4.78 is 6.81. The van der Waals surface area contributed by atoms with Gasteiger partial charge in [0.2, 0.25) is 5.88 Å². The van der Waals surface area contributed by atoms with Gasteiger partial charge in [0.15, 0.2) is 5.69 Å². The third-order valence-corrected chi connectivity index (χ3v) is 4.13. The van der Waals surface area contributed by atoms with Gasteiger partial charge in [0, 0.05) is 37.1 Å². The summed E-state index contributed by atoms with van der Waals surface area (Å²) in [5.41, 5.74) is 3.68. The molecule has 0 aliphatic carbocycles. The summed E-state index contributed by atoms with van der Waals surface area (Å²) in [6.07, 6.45) is 3.44. The summed E-state index contributed by atoms with van der Waals surface area (Å²) in [6, 6.07) is 9.28. The SMILES string of the molecule is CCN(C)C(=O)c1cc(-c2ccc(C)nc2)n(-c2ccc(OC)nc2)n1. The van der Waals surface area contributed by atoms with E-state index in [1.807, 2.05) is 32.0 Å². The predicted molar refractivity (Wildman–Crippen MR) is 98.5 cm³/mol. The number of pyridine rings is 2. The van der Waals surface area contributed by atoms with Gasteiger partial charge in [0.05, 0.1) is 24.7 Å². The van der Waals surface area contributed by atoms with E-state index in [1.165, 1.54) is 0 Å². The van der Waals surface area contributed by atoms with Crippen molar-refractivity contribution in [2.45, 2.75) is 13.8 Å². The number of hydrogen-bond acceptors (Lipinski definition) is 5. The van der Waals surface area contributed by atoms with Crippen LogP contribution in [-0.4, -0.2) is 51.3 Å². The molecule has 0 aromatic carbocycles. The van der Waals surface area contributed by atoms with Crippen molar-refractivity contribution in [1.29, 1.82) is 0 Å². The maximum Gasteiger partial charge on any atom is 0.274 e. The molecule has 0 radical (unpaired) electrons. The molecule has 3 heterocycles. The molecule has 0 atom stereocenters. The van der Waals surface area contributed by atoms with E-state index in [2.05, 4.69) is 15.1 Å². The topological polar surface area (TPSA) is 73.1 Å². The Morgan fingerprint density at radius 1 is 1.19 bits per heavy atom. The summed E-state index contributed by atoms with van der Waals surface area (Å²) in [7, 11) is 3.32. The third kappa shape index (κ3) is 3.42. The first-order valence-electron chi connectivity index (χ1n) is 8.32. The molecule has 7 heteroatoms. The van der Waals surface area contributed by atoms with Gasteiger partial charge in [-0.15, -0.1) is 0 Å². The zero-order chi connectivity index (χ0) is 18.7. The molecule has 0 unspecified atom stereocenters. The van der Waals surface area contributed by atoms with Crippen LogP contribution in [0.4, 0.5) is 0 Å². The van der Waals surface area contributed by atoms with Gasteiger partial charge in [-0.2, -0.15) is 5.10 Å². The third-order valence-electron chi connectivity index (χ3n) is 4.13. The number of carbonyl (C=O) groups excluding carboxylic acids is 1. The number of methoxy groups -OCH3 is 1. The number of hydrogen-bond donors (Lipinski definition) is 0. The molecule has 0 aliphatic rings. The van der Waals surface area contributed by atoms with E-state index in [0.29, 0.717) is 18.1 Å². The highest BCUT2D eigenvalue weighted by Gasteiger charge is 2.19. The Morgan fingerprint density at radius 3 is 2.58 bits per heavy atom. The average molecular weight is 351 g/mol. The molecule has 26 heavy (non-hydrogen) atoms. The van der Waals surface area contributed by atoms with E-state index in [4.69, 9.17) is 4.74 Å². The van der Waals surface area contributed by atoms with E-state index in [0.717, 1.165) is 22.6 Å². The maximum atomic E-state index is 12.6. The van der Waals surface area contributed by atoms with Crippen molar-refractivity contribution < 1.29 is 9.53 Å². The Balaban J connectivity index is 2.11. The van der Waals surface area contributed by atoms with Crippen molar-refractivity contribution in [3.8, 4) is 22.8 Å². The lowest BCUT2D eigenvalue weighted by atomic mass is 10.2. The van der Waals surface area contributed by atoms with Crippen molar-refractivity contribution in [3.63, 3.8) is 0 Å². The second-order valence-electron chi connectivity index (χ2n) is 5.89. The fourth-order valence-corrected chi connectivity index (χ4v) is 2.47. The van der Waals surface area contributed by atoms with Crippen molar-refractivity contribution >= 4 is 5.91 Å². The van der Waals surface area contributed by atoms with Crippen LogP contribution in [-0.2, 0) is 0 Å². The molecule has 3 aromatic rings. The molecule has 0 saturated heterocycles. The molecular weight excluding hydrogens is 330 g/mol. The van der Waals surface area contributed by atoms with Gasteiger partial charge in [-0.1, -0.05) is 0 Å². The summed E-state index contributed by atoms with van der Waals surface area (Å²) in [4.78, 5) is 22.8. The fraction of sp³-hybridized carbons (Fsp3) is 0.263. The quantitative estimate of drug-likeness (QED) is 0.707. The first-order valence-corrected chi connectivity index (χ1v) is 8.32. The van der Waals surface area contributed by atoms with E-state index in [9.17, 15) is 4.79 Å². The number of carbonyl (C=O) groups is 1. The lowest BCUT2D eigenvalue weighted by Crippen LogP contribution is -2.26. The van der Waals surface area contributed by atoms with Gasteiger partial charge < -0.3 is 9.64 Å². The van der Waals surface area contributed by atoms with Crippen molar-refractivity contribution in [2.75, 3.05) is 20.7 Å². The summed E-state index contributed by atoms with van der Waals surface area (Å²) in [6.45, 7) is 4.46. The highest BCUT2D eigenvalue weighted by Crippen LogP contribution is 2.24.